The number of ether oxygens (including phenoxy) is 1. The van der Waals surface area contributed by atoms with Crippen LogP contribution in [0.5, 0.6) is 0 Å². The predicted molar refractivity (Wildman–Crippen MR) is 51.6 cm³/mol. The van der Waals surface area contributed by atoms with Crippen molar-refractivity contribution in [2.75, 3.05) is 19.0 Å². The molecule has 0 atom stereocenters. The maximum Gasteiger partial charge on any atom is 0.144 e. The summed E-state index contributed by atoms with van der Waals surface area (Å²) in [6, 6.07) is 0. The zero-order valence-corrected chi connectivity index (χ0v) is 8.24. The van der Waals surface area contributed by atoms with E-state index in [1.807, 2.05) is 13.8 Å². The van der Waals surface area contributed by atoms with Crippen LogP contribution in [0.4, 0.5) is 5.82 Å². The van der Waals surface area contributed by atoms with Crippen LogP contribution < -0.4 is 5.32 Å². The molecule has 0 saturated heterocycles. The molecule has 0 fully saturated rings. The summed E-state index contributed by atoms with van der Waals surface area (Å²) in [4.78, 5) is 8.03. The van der Waals surface area contributed by atoms with Gasteiger partial charge in [0.05, 0.1) is 11.8 Å². The lowest BCUT2D eigenvalue weighted by Crippen LogP contribution is -2.32. The molecule has 0 aromatic carbocycles. The topological polar surface area (TPSA) is 47.0 Å². The molecule has 0 spiro atoms. The lowest BCUT2D eigenvalue weighted by Gasteiger charge is -2.23. The van der Waals surface area contributed by atoms with Gasteiger partial charge >= 0.3 is 0 Å². The normalized spacial score (nSPS) is 11.3. The number of anilines is 1. The third-order valence-electron chi connectivity index (χ3n) is 1.81. The van der Waals surface area contributed by atoms with E-state index in [0.29, 0.717) is 6.54 Å². The highest BCUT2D eigenvalue weighted by Gasteiger charge is 2.15. The molecule has 0 unspecified atom stereocenters. The largest absolute Gasteiger partial charge is 0.377 e. The molecule has 1 heterocycles. The van der Waals surface area contributed by atoms with Gasteiger partial charge in [-0.25, -0.2) is 4.98 Å². The van der Waals surface area contributed by atoms with Gasteiger partial charge in [-0.3, -0.25) is 4.98 Å². The number of nitrogens with one attached hydrogen (secondary N) is 1. The van der Waals surface area contributed by atoms with Crippen LogP contribution in [0, 0.1) is 0 Å². The lowest BCUT2D eigenvalue weighted by molar-refractivity contribution is 0.0343. The lowest BCUT2D eigenvalue weighted by atomic mass is 10.1. The Morgan fingerprint density at radius 2 is 2.23 bits per heavy atom. The highest BCUT2D eigenvalue weighted by Crippen LogP contribution is 2.08. The molecule has 0 aliphatic heterocycles. The van der Waals surface area contributed by atoms with Crippen molar-refractivity contribution < 1.29 is 4.74 Å². The third-order valence-corrected chi connectivity index (χ3v) is 1.81. The zero-order valence-electron chi connectivity index (χ0n) is 8.24. The highest BCUT2D eigenvalue weighted by molar-refractivity contribution is 5.30. The number of nitrogens with zero attached hydrogens (tertiary/aromatic N) is 2. The predicted octanol–water partition coefficient (Wildman–Crippen LogP) is 1.31. The quantitative estimate of drug-likeness (QED) is 0.760. The summed E-state index contributed by atoms with van der Waals surface area (Å²) in [7, 11) is 1.69. The maximum absolute atomic E-state index is 5.25. The average Bonchev–Trinajstić information content (AvgIpc) is 2.17. The standard InChI is InChI=1S/C9H15N3O/c1-9(2,13-3)7-12-8-6-10-4-5-11-8/h4-6H,7H2,1-3H3,(H,11,12). The van der Waals surface area contributed by atoms with Crippen LogP contribution in [-0.4, -0.2) is 29.2 Å². The first-order valence-corrected chi connectivity index (χ1v) is 4.19. The Hall–Kier alpha value is -1.16. The monoisotopic (exact) mass is 181 g/mol. The molecular formula is C9H15N3O. The Balaban J connectivity index is 2.44. The molecule has 1 rings (SSSR count). The molecule has 72 valence electrons. The Bertz CT molecular complexity index is 248. The Kier molecular flexibility index (Phi) is 3.19. The second-order valence-corrected chi connectivity index (χ2v) is 3.41. The molecular weight excluding hydrogens is 166 g/mol. The molecule has 0 amide bonds. The summed E-state index contributed by atoms with van der Waals surface area (Å²) in [6.45, 7) is 4.73. The van der Waals surface area contributed by atoms with E-state index >= 15 is 0 Å². The smallest absolute Gasteiger partial charge is 0.144 e. The first-order valence-electron chi connectivity index (χ1n) is 4.19. The Morgan fingerprint density at radius 3 is 2.77 bits per heavy atom. The fourth-order valence-electron chi connectivity index (χ4n) is 0.766. The molecule has 13 heavy (non-hydrogen) atoms. The van der Waals surface area contributed by atoms with Gasteiger partial charge in [0.15, 0.2) is 0 Å². The van der Waals surface area contributed by atoms with Crippen LogP contribution >= 0.6 is 0 Å². The minimum absolute atomic E-state index is 0.183. The minimum atomic E-state index is -0.183. The summed E-state index contributed by atoms with van der Waals surface area (Å²) in [5, 5.41) is 3.14. The van der Waals surface area contributed by atoms with E-state index in [9.17, 15) is 0 Å². The molecule has 4 heteroatoms. The van der Waals surface area contributed by atoms with Crippen LogP contribution in [0.2, 0.25) is 0 Å². The first kappa shape index (κ1) is 9.92. The molecule has 4 nitrogen and oxygen atoms in total. The van der Waals surface area contributed by atoms with Crippen molar-refractivity contribution in [1.29, 1.82) is 0 Å². The molecule has 1 aromatic heterocycles. The van der Waals surface area contributed by atoms with E-state index in [1.165, 1.54) is 0 Å². The first-order chi connectivity index (χ1) is 6.14. The van der Waals surface area contributed by atoms with Crippen LogP contribution in [0.25, 0.3) is 0 Å². The Morgan fingerprint density at radius 1 is 1.46 bits per heavy atom. The van der Waals surface area contributed by atoms with Crippen LogP contribution in [-0.2, 0) is 4.74 Å². The fourth-order valence-corrected chi connectivity index (χ4v) is 0.766. The van der Waals surface area contributed by atoms with Crippen molar-refractivity contribution in [2.45, 2.75) is 19.4 Å². The SMILES string of the molecule is COC(C)(C)CNc1cnccn1. The van der Waals surface area contributed by atoms with Gasteiger partial charge in [-0.05, 0) is 13.8 Å². The fraction of sp³-hybridized carbons (Fsp3) is 0.556. The van der Waals surface area contributed by atoms with Gasteiger partial charge < -0.3 is 10.1 Å². The number of hydrogen-bond acceptors (Lipinski definition) is 4. The Labute approximate surface area is 78.4 Å². The average molecular weight is 181 g/mol. The second-order valence-electron chi connectivity index (χ2n) is 3.41. The second kappa shape index (κ2) is 4.18. The van der Waals surface area contributed by atoms with Crippen LogP contribution in [0.1, 0.15) is 13.8 Å². The summed E-state index contributed by atoms with van der Waals surface area (Å²) in [5.41, 5.74) is -0.183. The summed E-state index contributed by atoms with van der Waals surface area (Å²) in [5.74, 6) is 0.771. The molecule has 0 bridgehead atoms. The van der Waals surface area contributed by atoms with Gasteiger partial charge in [0.25, 0.3) is 0 Å². The molecule has 0 saturated carbocycles. The van der Waals surface area contributed by atoms with Crippen LogP contribution in [0.3, 0.4) is 0 Å². The van der Waals surface area contributed by atoms with Gasteiger partial charge in [-0.15, -0.1) is 0 Å². The third kappa shape index (κ3) is 3.38. The number of aromatic nitrogens is 2. The van der Waals surface area contributed by atoms with Crippen molar-refractivity contribution in [2.24, 2.45) is 0 Å². The summed E-state index contributed by atoms with van der Waals surface area (Å²) < 4.78 is 5.25. The molecule has 0 radical (unpaired) electrons. The maximum atomic E-state index is 5.25. The summed E-state index contributed by atoms with van der Waals surface area (Å²) >= 11 is 0. The number of rotatable bonds is 4. The van der Waals surface area contributed by atoms with E-state index in [-0.39, 0.29) is 5.60 Å². The van der Waals surface area contributed by atoms with E-state index < -0.39 is 0 Å². The van der Waals surface area contributed by atoms with E-state index in [4.69, 9.17) is 4.74 Å². The molecule has 1 N–H and O–H groups in total. The van der Waals surface area contributed by atoms with Crippen molar-refractivity contribution in [1.82, 2.24) is 9.97 Å². The van der Waals surface area contributed by atoms with Crippen molar-refractivity contribution in [3.8, 4) is 0 Å². The van der Waals surface area contributed by atoms with E-state index in [1.54, 1.807) is 25.7 Å². The van der Waals surface area contributed by atoms with Gasteiger partial charge in [0.2, 0.25) is 0 Å². The van der Waals surface area contributed by atoms with Gasteiger partial charge in [0.1, 0.15) is 5.82 Å². The van der Waals surface area contributed by atoms with Crippen molar-refractivity contribution in [3.05, 3.63) is 18.6 Å². The van der Waals surface area contributed by atoms with Crippen molar-refractivity contribution in [3.63, 3.8) is 0 Å². The van der Waals surface area contributed by atoms with Gasteiger partial charge in [-0.2, -0.15) is 0 Å². The summed E-state index contributed by atoms with van der Waals surface area (Å²) in [6.07, 6.45) is 4.99. The molecule has 0 aliphatic carbocycles. The highest BCUT2D eigenvalue weighted by atomic mass is 16.5. The van der Waals surface area contributed by atoms with Gasteiger partial charge in [-0.1, -0.05) is 0 Å². The molecule has 1 aromatic rings. The molecule has 0 aliphatic rings. The van der Waals surface area contributed by atoms with Gasteiger partial charge in [0, 0.05) is 26.0 Å². The van der Waals surface area contributed by atoms with E-state index in [2.05, 4.69) is 15.3 Å². The van der Waals surface area contributed by atoms with E-state index in [0.717, 1.165) is 5.82 Å². The van der Waals surface area contributed by atoms with Crippen molar-refractivity contribution >= 4 is 5.82 Å². The zero-order chi connectivity index (χ0) is 9.73. The minimum Gasteiger partial charge on any atom is -0.377 e. The number of methoxy groups -OCH3 is 1. The van der Waals surface area contributed by atoms with Crippen LogP contribution in [0.15, 0.2) is 18.6 Å². The number of hydrogen-bond donors (Lipinski definition) is 1.